The lowest BCUT2D eigenvalue weighted by Gasteiger charge is -2.45. The Bertz CT molecular complexity index is 592. The molecular formula is C19H27O7P-2. The van der Waals surface area contributed by atoms with Gasteiger partial charge < -0.3 is 33.3 Å². The first-order valence-corrected chi connectivity index (χ1v) is 10.2. The molecule has 1 aromatic carbocycles. The number of hydrogen-bond acceptors (Lipinski definition) is 7. The minimum Gasteiger partial charge on any atom is -0.820 e. The summed E-state index contributed by atoms with van der Waals surface area (Å²) in [4.78, 5) is 23.3. The van der Waals surface area contributed by atoms with Crippen molar-refractivity contribution >= 4 is 8.60 Å². The van der Waals surface area contributed by atoms with Crippen molar-refractivity contribution in [2.45, 2.75) is 69.9 Å². The lowest BCUT2D eigenvalue weighted by molar-refractivity contribution is -0.329. The first-order chi connectivity index (χ1) is 12.6. The van der Waals surface area contributed by atoms with E-state index in [0.717, 1.165) is 5.56 Å². The summed E-state index contributed by atoms with van der Waals surface area (Å²) in [5.74, 6) is -1.41. The molecule has 2 aliphatic rings. The van der Waals surface area contributed by atoms with E-state index in [-0.39, 0.29) is 12.2 Å². The monoisotopic (exact) mass is 398 g/mol. The van der Waals surface area contributed by atoms with E-state index in [9.17, 15) is 9.79 Å². The smallest absolute Gasteiger partial charge is 0.163 e. The van der Waals surface area contributed by atoms with Gasteiger partial charge in [-0.25, -0.2) is 0 Å². The average molecular weight is 398 g/mol. The van der Waals surface area contributed by atoms with Gasteiger partial charge >= 0.3 is 0 Å². The molecule has 2 heterocycles. The van der Waals surface area contributed by atoms with Gasteiger partial charge in [0.25, 0.3) is 0 Å². The molecule has 27 heavy (non-hydrogen) atoms. The highest BCUT2D eigenvalue weighted by molar-refractivity contribution is 7.36. The van der Waals surface area contributed by atoms with Crippen molar-refractivity contribution in [1.82, 2.24) is 0 Å². The number of benzene rings is 1. The Morgan fingerprint density at radius 3 is 1.81 bits per heavy atom. The second-order valence-corrected chi connectivity index (χ2v) is 8.61. The van der Waals surface area contributed by atoms with Gasteiger partial charge in [0.05, 0.1) is 31.0 Å². The topological polar surface area (TPSA) is 92.3 Å². The lowest BCUT2D eigenvalue weighted by Crippen LogP contribution is -2.40. The summed E-state index contributed by atoms with van der Waals surface area (Å²) in [6, 6.07) is 9.32. The molecule has 7 nitrogen and oxygen atoms in total. The fourth-order valence-corrected chi connectivity index (χ4v) is 4.33. The van der Waals surface area contributed by atoms with Crippen LogP contribution in [0.1, 0.15) is 46.1 Å². The molecule has 3 rings (SSSR count). The molecule has 8 heteroatoms. The maximum absolute atomic E-state index is 11.7. The van der Waals surface area contributed by atoms with Crippen LogP contribution in [0.2, 0.25) is 0 Å². The van der Waals surface area contributed by atoms with Crippen LogP contribution in [-0.4, -0.2) is 37.0 Å². The van der Waals surface area contributed by atoms with E-state index in [2.05, 4.69) is 0 Å². The van der Waals surface area contributed by atoms with Crippen molar-refractivity contribution in [3.8, 4) is 0 Å². The van der Waals surface area contributed by atoms with Crippen LogP contribution in [-0.2, 0) is 29.1 Å². The van der Waals surface area contributed by atoms with Gasteiger partial charge in [0.2, 0.25) is 0 Å². The van der Waals surface area contributed by atoms with Crippen molar-refractivity contribution in [2.75, 3.05) is 13.2 Å². The van der Waals surface area contributed by atoms with E-state index >= 15 is 0 Å². The minimum atomic E-state index is -3.09. The molecule has 0 amide bonds. The zero-order valence-electron chi connectivity index (χ0n) is 16.2. The van der Waals surface area contributed by atoms with Gasteiger partial charge in [-0.2, -0.15) is 8.60 Å². The van der Waals surface area contributed by atoms with Crippen molar-refractivity contribution in [3.05, 3.63) is 35.9 Å². The predicted octanol–water partition coefficient (Wildman–Crippen LogP) is 1.93. The largest absolute Gasteiger partial charge is 0.820 e. The van der Waals surface area contributed by atoms with E-state index in [4.69, 9.17) is 23.5 Å². The third-order valence-electron chi connectivity index (χ3n) is 4.80. The summed E-state index contributed by atoms with van der Waals surface area (Å²) in [5.41, 5.74) is -0.370. The van der Waals surface area contributed by atoms with Gasteiger partial charge in [0.1, 0.15) is 0 Å². The molecule has 0 N–H and O–H groups in total. The first-order valence-electron chi connectivity index (χ1n) is 9.12. The maximum atomic E-state index is 11.7. The third-order valence-corrected chi connectivity index (χ3v) is 5.30. The fourth-order valence-electron chi connectivity index (χ4n) is 3.79. The molecule has 2 unspecified atom stereocenters. The van der Waals surface area contributed by atoms with Crippen LogP contribution < -0.4 is 9.79 Å². The van der Waals surface area contributed by atoms with Crippen molar-refractivity contribution in [2.24, 2.45) is 0 Å². The molecule has 0 bridgehead atoms. The molecule has 2 atom stereocenters. The molecule has 0 aliphatic carbocycles. The van der Waals surface area contributed by atoms with Crippen LogP contribution in [0, 0.1) is 0 Å². The van der Waals surface area contributed by atoms with Crippen LogP contribution >= 0.6 is 8.60 Å². The van der Waals surface area contributed by atoms with Crippen LogP contribution in [0.15, 0.2) is 30.3 Å². The molecule has 0 aromatic heterocycles. The average Bonchev–Trinajstić information content (AvgIpc) is 3.08. The van der Waals surface area contributed by atoms with E-state index in [1.165, 1.54) is 0 Å². The Kier molecular flexibility index (Phi) is 6.26. The maximum Gasteiger partial charge on any atom is 0.163 e. The van der Waals surface area contributed by atoms with Crippen molar-refractivity contribution in [1.29, 1.82) is 0 Å². The van der Waals surface area contributed by atoms with Gasteiger partial charge in [-0.15, -0.1) is 0 Å². The zero-order chi connectivity index (χ0) is 19.7. The second kappa shape index (κ2) is 8.01. The summed E-state index contributed by atoms with van der Waals surface area (Å²) in [5, 5.41) is 0. The molecule has 2 saturated heterocycles. The van der Waals surface area contributed by atoms with Crippen molar-refractivity contribution < 1.29 is 33.3 Å². The zero-order valence-corrected chi connectivity index (χ0v) is 17.1. The van der Waals surface area contributed by atoms with Gasteiger partial charge in [0, 0.05) is 12.8 Å². The Balaban J connectivity index is 1.89. The van der Waals surface area contributed by atoms with Crippen LogP contribution in [0.5, 0.6) is 0 Å². The quantitative estimate of drug-likeness (QED) is 0.648. The molecule has 0 radical (unpaired) electrons. The number of rotatable bonds is 7. The SMILES string of the molecule is CC1(C)OCC(CC(CC2COC(C)(C)O2)(OP([O-])[O-])c2ccccc2)O1. The van der Waals surface area contributed by atoms with Gasteiger partial charge in [-0.1, -0.05) is 30.3 Å². The molecule has 152 valence electrons. The van der Waals surface area contributed by atoms with E-state index < -0.39 is 25.8 Å². The van der Waals surface area contributed by atoms with E-state index in [1.807, 2.05) is 58.0 Å². The van der Waals surface area contributed by atoms with Crippen molar-refractivity contribution in [3.63, 3.8) is 0 Å². The summed E-state index contributed by atoms with van der Waals surface area (Å²) < 4.78 is 28.8. The third kappa shape index (κ3) is 5.46. The van der Waals surface area contributed by atoms with E-state index in [0.29, 0.717) is 26.1 Å². The number of ether oxygens (including phenoxy) is 4. The van der Waals surface area contributed by atoms with Gasteiger partial charge in [0.15, 0.2) is 11.6 Å². The van der Waals surface area contributed by atoms with Crippen LogP contribution in [0.4, 0.5) is 0 Å². The standard InChI is InChI=1S/C19H27O7P/c1-17(2)22-12-15(24-17)10-19(26-27(20)21,14-8-6-5-7-9-14)11-16-13-23-18(3,4)25-16/h5-9,15-16H,10-13H2,1-4H3/q-2. The first kappa shape index (κ1) is 21.1. The Labute approximate surface area is 161 Å². The summed E-state index contributed by atoms with van der Waals surface area (Å²) >= 11 is 0. The highest BCUT2D eigenvalue weighted by atomic mass is 31.2. The number of hydrogen-bond donors (Lipinski definition) is 0. The highest BCUT2D eigenvalue weighted by Crippen LogP contribution is 2.45. The van der Waals surface area contributed by atoms with Gasteiger partial charge in [-0.3, -0.25) is 0 Å². The Morgan fingerprint density at radius 2 is 1.44 bits per heavy atom. The Morgan fingerprint density at radius 1 is 0.963 bits per heavy atom. The molecule has 0 spiro atoms. The predicted molar refractivity (Wildman–Crippen MR) is 95.2 cm³/mol. The Hall–Kier alpha value is -0.630. The molecule has 0 saturated carbocycles. The minimum absolute atomic E-state index is 0.300. The second-order valence-electron chi connectivity index (χ2n) is 7.98. The molecular weight excluding hydrogens is 371 g/mol. The van der Waals surface area contributed by atoms with E-state index in [1.54, 1.807) is 0 Å². The lowest BCUT2D eigenvalue weighted by atomic mass is 9.83. The molecule has 2 aliphatic heterocycles. The highest BCUT2D eigenvalue weighted by Gasteiger charge is 2.45. The molecule has 2 fully saturated rings. The van der Waals surface area contributed by atoms with Crippen LogP contribution in [0.25, 0.3) is 0 Å². The van der Waals surface area contributed by atoms with Gasteiger partial charge in [-0.05, 0) is 33.3 Å². The van der Waals surface area contributed by atoms with Crippen LogP contribution in [0.3, 0.4) is 0 Å². The summed E-state index contributed by atoms with van der Waals surface area (Å²) in [6.45, 7) is 8.08. The normalized spacial score (nSPS) is 29.1. The molecule has 1 aromatic rings. The summed E-state index contributed by atoms with van der Waals surface area (Å²) in [6.07, 6.45) is 0.0460. The fraction of sp³-hybridized carbons (Fsp3) is 0.684. The summed E-state index contributed by atoms with van der Waals surface area (Å²) in [7, 11) is -3.09.